The summed E-state index contributed by atoms with van der Waals surface area (Å²) in [7, 11) is 0. The third-order valence-corrected chi connectivity index (χ3v) is 6.27. The molecule has 0 spiro atoms. The van der Waals surface area contributed by atoms with Gasteiger partial charge in [-0.15, -0.1) is 0 Å². The Balaban J connectivity index is 1.50. The molecule has 3 aliphatic rings. The monoisotopic (exact) mass is 374 g/mol. The van der Waals surface area contributed by atoms with Crippen LogP contribution < -0.4 is 5.32 Å². The van der Waals surface area contributed by atoms with Gasteiger partial charge in [0.15, 0.2) is 0 Å². The Kier molecular flexibility index (Phi) is 5.96. The minimum absolute atomic E-state index is 0.0265. The maximum Gasteiger partial charge on any atom is 0.318 e. The zero-order valence-electron chi connectivity index (χ0n) is 16.0. The van der Waals surface area contributed by atoms with Crippen LogP contribution in [0.5, 0.6) is 0 Å². The molecule has 2 aliphatic carbocycles. The summed E-state index contributed by atoms with van der Waals surface area (Å²) < 4.78 is 19.3. The highest BCUT2D eigenvalue weighted by Crippen LogP contribution is 2.33. The van der Waals surface area contributed by atoms with E-state index in [9.17, 15) is 9.18 Å². The van der Waals surface area contributed by atoms with Crippen LogP contribution in [0.15, 0.2) is 24.3 Å². The van der Waals surface area contributed by atoms with Gasteiger partial charge in [0.25, 0.3) is 0 Å². The first-order valence-electron chi connectivity index (χ1n) is 10.6. The first kappa shape index (κ1) is 18.7. The predicted octanol–water partition coefficient (Wildman–Crippen LogP) is 4.80. The summed E-state index contributed by atoms with van der Waals surface area (Å²) in [5.74, 6) is 0.415. The standard InChI is InChI=1S/C22H31FN2O2/c23-18-12-10-17(11-13-18)21(20-7-4-14-27-20)24-22(26)25(15-16-8-9-16)19-5-2-1-3-6-19/h10-13,16,19-21H,1-9,14-15H2,(H,24,26). The lowest BCUT2D eigenvalue weighted by atomic mass is 9.94. The van der Waals surface area contributed by atoms with E-state index in [-0.39, 0.29) is 24.0 Å². The van der Waals surface area contributed by atoms with Gasteiger partial charge >= 0.3 is 6.03 Å². The third-order valence-electron chi connectivity index (χ3n) is 6.27. The molecule has 4 rings (SSSR count). The van der Waals surface area contributed by atoms with E-state index >= 15 is 0 Å². The van der Waals surface area contributed by atoms with Crippen molar-refractivity contribution >= 4 is 6.03 Å². The third kappa shape index (κ3) is 4.81. The van der Waals surface area contributed by atoms with Gasteiger partial charge in [0, 0.05) is 19.2 Å². The molecule has 0 aromatic heterocycles. The van der Waals surface area contributed by atoms with Crippen molar-refractivity contribution < 1.29 is 13.9 Å². The Labute approximate surface area is 161 Å². The molecule has 4 nitrogen and oxygen atoms in total. The fourth-order valence-electron chi connectivity index (χ4n) is 4.51. The van der Waals surface area contributed by atoms with Gasteiger partial charge in [0.2, 0.25) is 0 Å². The van der Waals surface area contributed by atoms with Crippen LogP contribution in [0.2, 0.25) is 0 Å². The lowest BCUT2D eigenvalue weighted by Crippen LogP contribution is -2.50. The number of rotatable bonds is 6. The number of amides is 2. The second-order valence-corrected chi connectivity index (χ2v) is 8.42. The molecule has 1 saturated heterocycles. The molecule has 2 amide bonds. The maximum absolute atomic E-state index is 13.4. The fourth-order valence-corrected chi connectivity index (χ4v) is 4.51. The number of hydrogen-bond donors (Lipinski definition) is 1. The van der Waals surface area contributed by atoms with E-state index in [1.54, 1.807) is 12.1 Å². The minimum Gasteiger partial charge on any atom is -0.376 e. The average molecular weight is 375 g/mol. The van der Waals surface area contributed by atoms with Crippen LogP contribution in [0.1, 0.15) is 69.4 Å². The normalized spacial score (nSPS) is 24.6. The number of urea groups is 1. The maximum atomic E-state index is 13.4. The number of nitrogens with one attached hydrogen (secondary N) is 1. The molecule has 2 unspecified atom stereocenters. The molecular weight excluding hydrogens is 343 g/mol. The summed E-state index contributed by atoms with van der Waals surface area (Å²) in [6.07, 6.45) is 10.3. The average Bonchev–Trinajstić information content (AvgIpc) is 3.36. The highest BCUT2D eigenvalue weighted by atomic mass is 19.1. The van der Waals surface area contributed by atoms with E-state index in [1.807, 2.05) is 0 Å². The van der Waals surface area contributed by atoms with Crippen LogP contribution in [0.4, 0.5) is 9.18 Å². The second kappa shape index (κ2) is 8.59. The molecule has 0 bridgehead atoms. The molecule has 1 aromatic rings. The molecule has 27 heavy (non-hydrogen) atoms. The van der Waals surface area contributed by atoms with Crippen molar-refractivity contribution in [3.05, 3.63) is 35.6 Å². The van der Waals surface area contributed by atoms with E-state index in [4.69, 9.17) is 4.74 Å². The Morgan fingerprint density at radius 1 is 1.07 bits per heavy atom. The van der Waals surface area contributed by atoms with Crippen molar-refractivity contribution in [2.75, 3.05) is 13.2 Å². The highest BCUT2D eigenvalue weighted by Gasteiger charge is 2.35. The van der Waals surface area contributed by atoms with Gasteiger partial charge < -0.3 is 15.0 Å². The molecule has 148 valence electrons. The van der Waals surface area contributed by atoms with E-state index in [1.165, 1.54) is 44.2 Å². The Morgan fingerprint density at radius 3 is 2.44 bits per heavy atom. The van der Waals surface area contributed by atoms with Crippen LogP contribution in [-0.4, -0.2) is 36.2 Å². The van der Waals surface area contributed by atoms with E-state index < -0.39 is 0 Å². The Hall–Kier alpha value is -1.62. The van der Waals surface area contributed by atoms with Crippen LogP contribution >= 0.6 is 0 Å². The van der Waals surface area contributed by atoms with Gasteiger partial charge in [-0.25, -0.2) is 9.18 Å². The van der Waals surface area contributed by atoms with E-state index in [0.717, 1.165) is 44.4 Å². The van der Waals surface area contributed by atoms with E-state index in [0.29, 0.717) is 12.0 Å². The zero-order valence-corrected chi connectivity index (χ0v) is 16.0. The molecule has 2 atom stereocenters. The van der Waals surface area contributed by atoms with Gasteiger partial charge in [-0.1, -0.05) is 31.4 Å². The summed E-state index contributed by atoms with van der Waals surface area (Å²) in [6, 6.07) is 6.64. The summed E-state index contributed by atoms with van der Waals surface area (Å²) in [5, 5.41) is 3.26. The van der Waals surface area contributed by atoms with E-state index in [2.05, 4.69) is 10.2 Å². The smallest absolute Gasteiger partial charge is 0.318 e. The summed E-state index contributed by atoms with van der Waals surface area (Å²) in [5.41, 5.74) is 0.923. The SMILES string of the molecule is O=C(NC(c1ccc(F)cc1)C1CCCO1)N(CC1CC1)C1CCCCC1. The molecule has 0 radical (unpaired) electrons. The number of hydrogen-bond acceptors (Lipinski definition) is 2. The van der Waals surface area contributed by atoms with Crippen LogP contribution in [0, 0.1) is 11.7 Å². The number of halogens is 1. The zero-order chi connectivity index (χ0) is 18.6. The molecule has 1 aromatic carbocycles. The lowest BCUT2D eigenvalue weighted by molar-refractivity contribution is 0.0749. The number of benzene rings is 1. The number of nitrogens with zero attached hydrogens (tertiary/aromatic N) is 1. The second-order valence-electron chi connectivity index (χ2n) is 8.42. The van der Waals surface area contributed by atoms with Gasteiger partial charge in [0.05, 0.1) is 12.1 Å². The number of ether oxygens (including phenoxy) is 1. The first-order valence-corrected chi connectivity index (χ1v) is 10.6. The number of carbonyl (C=O) groups excluding carboxylic acids is 1. The van der Waals surface area contributed by atoms with Crippen molar-refractivity contribution in [3.63, 3.8) is 0 Å². The quantitative estimate of drug-likeness (QED) is 0.777. The summed E-state index contributed by atoms with van der Waals surface area (Å²) in [4.78, 5) is 15.4. The minimum atomic E-state index is -0.256. The van der Waals surface area contributed by atoms with Gasteiger partial charge in [-0.2, -0.15) is 0 Å². The van der Waals surface area contributed by atoms with Crippen molar-refractivity contribution in [2.45, 2.75) is 76.0 Å². The summed E-state index contributed by atoms with van der Waals surface area (Å²) in [6.45, 7) is 1.60. The van der Waals surface area contributed by atoms with Crippen molar-refractivity contribution in [1.82, 2.24) is 10.2 Å². The van der Waals surface area contributed by atoms with Crippen molar-refractivity contribution in [3.8, 4) is 0 Å². The fraction of sp³-hybridized carbons (Fsp3) is 0.682. The van der Waals surface area contributed by atoms with Crippen molar-refractivity contribution in [1.29, 1.82) is 0 Å². The molecule has 5 heteroatoms. The van der Waals surface area contributed by atoms with Gasteiger partial charge in [-0.3, -0.25) is 0 Å². The summed E-state index contributed by atoms with van der Waals surface area (Å²) >= 11 is 0. The highest BCUT2D eigenvalue weighted by molar-refractivity contribution is 5.75. The molecule has 1 N–H and O–H groups in total. The molecule has 1 heterocycles. The molecule has 2 saturated carbocycles. The Bertz CT molecular complexity index is 620. The largest absolute Gasteiger partial charge is 0.376 e. The molecule has 1 aliphatic heterocycles. The van der Waals surface area contributed by atoms with Crippen LogP contribution in [0.25, 0.3) is 0 Å². The molecule has 3 fully saturated rings. The van der Waals surface area contributed by atoms with Crippen molar-refractivity contribution in [2.24, 2.45) is 5.92 Å². The lowest BCUT2D eigenvalue weighted by Gasteiger charge is -2.36. The predicted molar refractivity (Wildman–Crippen MR) is 103 cm³/mol. The Morgan fingerprint density at radius 2 is 1.81 bits per heavy atom. The number of carbonyl (C=O) groups is 1. The van der Waals surface area contributed by atoms with Crippen LogP contribution in [0.3, 0.4) is 0 Å². The van der Waals surface area contributed by atoms with Gasteiger partial charge in [0.1, 0.15) is 5.82 Å². The molecular formula is C22H31FN2O2. The first-order chi connectivity index (χ1) is 13.2. The van der Waals surface area contributed by atoms with Crippen LogP contribution in [-0.2, 0) is 4.74 Å². The topological polar surface area (TPSA) is 41.6 Å². The van der Waals surface area contributed by atoms with Gasteiger partial charge in [-0.05, 0) is 62.1 Å².